The largest absolute Gasteiger partial charge is 0.271 e. The fourth-order valence-electron chi connectivity index (χ4n) is 2.82. The average Bonchev–Trinajstić information content (AvgIpc) is 2.66. The monoisotopic (exact) mass is 233 g/mol. The van der Waals surface area contributed by atoms with Crippen LogP contribution >= 0.6 is 0 Å². The minimum absolute atomic E-state index is 0.378. The molecule has 0 spiro atoms. The van der Waals surface area contributed by atoms with Gasteiger partial charge in [0.05, 0.1) is 0 Å². The summed E-state index contributed by atoms with van der Waals surface area (Å²) in [4.78, 5) is 4.39. The van der Waals surface area contributed by atoms with Crippen molar-refractivity contribution in [2.24, 2.45) is 11.8 Å². The highest BCUT2D eigenvalue weighted by Gasteiger charge is 2.22. The zero-order valence-electron chi connectivity index (χ0n) is 10.4. The van der Waals surface area contributed by atoms with Crippen molar-refractivity contribution >= 4 is 0 Å². The van der Waals surface area contributed by atoms with Crippen LogP contribution in [-0.4, -0.2) is 11.0 Å². The molecule has 1 aromatic heterocycles. The molecule has 1 aliphatic carbocycles. The Balaban J connectivity index is 1.95. The maximum Gasteiger partial charge on any atom is 0.0419 e. The number of nitrogens with one attached hydrogen (secondary N) is 1. The SMILES string of the molecule is NNC(Cc1ccccn1)C1CCCCCC1. The van der Waals surface area contributed by atoms with E-state index in [4.69, 9.17) is 5.84 Å². The fraction of sp³-hybridized carbons (Fsp3) is 0.643. The molecule has 3 nitrogen and oxygen atoms in total. The van der Waals surface area contributed by atoms with Crippen molar-refractivity contribution in [2.45, 2.75) is 51.0 Å². The van der Waals surface area contributed by atoms with E-state index in [0.29, 0.717) is 12.0 Å². The number of hydrazine groups is 1. The normalized spacial score (nSPS) is 19.8. The van der Waals surface area contributed by atoms with Crippen LogP contribution in [-0.2, 0) is 6.42 Å². The van der Waals surface area contributed by atoms with E-state index < -0.39 is 0 Å². The van der Waals surface area contributed by atoms with Crippen LogP contribution in [0.2, 0.25) is 0 Å². The van der Waals surface area contributed by atoms with Crippen LogP contribution in [0.4, 0.5) is 0 Å². The predicted molar refractivity (Wildman–Crippen MR) is 70.2 cm³/mol. The molecular formula is C14H23N3. The van der Waals surface area contributed by atoms with Gasteiger partial charge < -0.3 is 0 Å². The zero-order chi connectivity index (χ0) is 11.9. The molecule has 2 rings (SSSR count). The first-order valence-corrected chi connectivity index (χ1v) is 6.76. The van der Waals surface area contributed by atoms with E-state index in [0.717, 1.165) is 12.1 Å². The third kappa shape index (κ3) is 3.79. The summed E-state index contributed by atoms with van der Waals surface area (Å²) in [6, 6.07) is 6.47. The van der Waals surface area contributed by atoms with Crippen molar-refractivity contribution in [3.05, 3.63) is 30.1 Å². The van der Waals surface area contributed by atoms with E-state index in [1.807, 2.05) is 18.3 Å². The summed E-state index contributed by atoms with van der Waals surface area (Å²) in [5.41, 5.74) is 4.15. The van der Waals surface area contributed by atoms with Gasteiger partial charge in [-0.2, -0.15) is 0 Å². The van der Waals surface area contributed by atoms with E-state index in [9.17, 15) is 0 Å². The van der Waals surface area contributed by atoms with Gasteiger partial charge in [0.25, 0.3) is 0 Å². The molecule has 94 valence electrons. The number of nitrogens with zero attached hydrogens (tertiary/aromatic N) is 1. The van der Waals surface area contributed by atoms with Gasteiger partial charge in [-0.1, -0.05) is 31.7 Å². The molecule has 1 atom stereocenters. The number of rotatable bonds is 4. The van der Waals surface area contributed by atoms with Crippen LogP contribution in [0.1, 0.15) is 44.2 Å². The second-order valence-corrected chi connectivity index (χ2v) is 5.05. The average molecular weight is 233 g/mol. The van der Waals surface area contributed by atoms with Gasteiger partial charge in [-0.3, -0.25) is 16.3 Å². The zero-order valence-corrected chi connectivity index (χ0v) is 10.4. The van der Waals surface area contributed by atoms with Gasteiger partial charge >= 0.3 is 0 Å². The molecule has 1 aromatic rings. The van der Waals surface area contributed by atoms with Crippen LogP contribution in [0.25, 0.3) is 0 Å². The highest BCUT2D eigenvalue weighted by molar-refractivity contribution is 5.05. The lowest BCUT2D eigenvalue weighted by Crippen LogP contribution is -2.42. The molecule has 1 unspecified atom stereocenters. The first kappa shape index (κ1) is 12.5. The van der Waals surface area contributed by atoms with Crippen LogP contribution in [0.3, 0.4) is 0 Å². The van der Waals surface area contributed by atoms with Gasteiger partial charge in [-0.05, 0) is 30.9 Å². The molecular weight excluding hydrogens is 210 g/mol. The standard InChI is InChI=1S/C14H23N3/c15-17-14(11-13-9-5-6-10-16-13)12-7-3-1-2-4-8-12/h5-6,9-10,12,14,17H,1-4,7-8,11,15H2. The lowest BCUT2D eigenvalue weighted by Gasteiger charge is -2.25. The molecule has 3 heteroatoms. The molecule has 17 heavy (non-hydrogen) atoms. The van der Waals surface area contributed by atoms with E-state index in [-0.39, 0.29) is 0 Å². The summed E-state index contributed by atoms with van der Waals surface area (Å²) in [7, 11) is 0. The molecule has 1 saturated carbocycles. The minimum atomic E-state index is 0.378. The summed E-state index contributed by atoms with van der Waals surface area (Å²) >= 11 is 0. The molecule has 0 amide bonds. The maximum atomic E-state index is 5.72. The molecule has 0 aromatic carbocycles. The summed E-state index contributed by atoms with van der Waals surface area (Å²) in [5.74, 6) is 6.44. The van der Waals surface area contributed by atoms with Crippen LogP contribution in [0.15, 0.2) is 24.4 Å². The second-order valence-electron chi connectivity index (χ2n) is 5.05. The second kappa shape index (κ2) is 6.72. The summed E-state index contributed by atoms with van der Waals surface area (Å²) in [6.07, 6.45) is 10.9. The Morgan fingerprint density at radius 2 is 2.00 bits per heavy atom. The Labute approximate surface area is 104 Å². The number of hydrogen-bond acceptors (Lipinski definition) is 3. The van der Waals surface area contributed by atoms with Gasteiger partial charge in [0.15, 0.2) is 0 Å². The Morgan fingerprint density at radius 3 is 2.59 bits per heavy atom. The van der Waals surface area contributed by atoms with E-state index in [2.05, 4.69) is 16.5 Å². The van der Waals surface area contributed by atoms with Crippen molar-refractivity contribution < 1.29 is 0 Å². The van der Waals surface area contributed by atoms with E-state index in [1.54, 1.807) is 0 Å². The number of hydrogen-bond donors (Lipinski definition) is 2. The van der Waals surface area contributed by atoms with Crippen molar-refractivity contribution in [2.75, 3.05) is 0 Å². The number of pyridine rings is 1. The quantitative estimate of drug-likeness (QED) is 0.477. The van der Waals surface area contributed by atoms with E-state index >= 15 is 0 Å². The first-order chi connectivity index (χ1) is 8.40. The van der Waals surface area contributed by atoms with Crippen LogP contribution in [0, 0.1) is 5.92 Å². The molecule has 0 radical (unpaired) electrons. The van der Waals surface area contributed by atoms with Crippen LogP contribution < -0.4 is 11.3 Å². The Hall–Kier alpha value is -0.930. The van der Waals surface area contributed by atoms with E-state index in [1.165, 1.54) is 38.5 Å². The fourth-order valence-corrected chi connectivity index (χ4v) is 2.82. The number of nitrogens with two attached hydrogens (primary N) is 1. The Kier molecular flexibility index (Phi) is 4.95. The molecule has 0 bridgehead atoms. The van der Waals surface area contributed by atoms with Gasteiger partial charge in [0.1, 0.15) is 0 Å². The lowest BCUT2D eigenvalue weighted by atomic mass is 9.89. The molecule has 0 aliphatic heterocycles. The topological polar surface area (TPSA) is 50.9 Å². The van der Waals surface area contributed by atoms with Gasteiger partial charge in [0, 0.05) is 24.4 Å². The van der Waals surface area contributed by atoms with Crippen molar-refractivity contribution in [1.82, 2.24) is 10.4 Å². The lowest BCUT2D eigenvalue weighted by molar-refractivity contribution is 0.319. The maximum absolute atomic E-state index is 5.72. The van der Waals surface area contributed by atoms with Crippen molar-refractivity contribution in [3.8, 4) is 0 Å². The molecule has 0 saturated heterocycles. The van der Waals surface area contributed by atoms with Gasteiger partial charge in [-0.15, -0.1) is 0 Å². The predicted octanol–water partition coefficient (Wildman–Crippen LogP) is 2.43. The Bertz CT molecular complexity index is 305. The van der Waals surface area contributed by atoms with Crippen LogP contribution in [0.5, 0.6) is 0 Å². The van der Waals surface area contributed by atoms with Crippen molar-refractivity contribution in [3.63, 3.8) is 0 Å². The highest BCUT2D eigenvalue weighted by Crippen LogP contribution is 2.26. The third-order valence-corrected chi connectivity index (χ3v) is 3.84. The highest BCUT2D eigenvalue weighted by atomic mass is 15.2. The third-order valence-electron chi connectivity index (χ3n) is 3.84. The first-order valence-electron chi connectivity index (χ1n) is 6.76. The van der Waals surface area contributed by atoms with Gasteiger partial charge in [0.2, 0.25) is 0 Å². The summed E-state index contributed by atoms with van der Waals surface area (Å²) in [6.45, 7) is 0. The summed E-state index contributed by atoms with van der Waals surface area (Å²) in [5, 5.41) is 0. The molecule has 1 heterocycles. The molecule has 1 aliphatic rings. The number of aromatic nitrogens is 1. The summed E-state index contributed by atoms with van der Waals surface area (Å²) < 4.78 is 0. The molecule has 1 fully saturated rings. The minimum Gasteiger partial charge on any atom is -0.271 e. The Morgan fingerprint density at radius 1 is 1.24 bits per heavy atom. The smallest absolute Gasteiger partial charge is 0.0419 e. The van der Waals surface area contributed by atoms with Gasteiger partial charge in [-0.25, -0.2) is 0 Å². The van der Waals surface area contributed by atoms with Crippen molar-refractivity contribution in [1.29, 1.82) is 0 Å². The molecule has 3 N–H and O–H groups in total.